The van der Waals surface area contributed by atoms with Gasteiger partial charge in [0.05, 0.1) is 4.92 Å². The van der Waals surface area contributed by atoms with Gasteiger partial charge in [-0.05, 0) is 12.5 Å². The zero-order valence-corrected chi connectivity index (χ0v) is 10.4. The van der Waals surface area contributed by atoms with Crippen LogP contribution in [0.4, 0.5) is 5.69 Å². The van der Waals surface area contributed by atoms with Crippen molar-refractivity contribution in [2.24, 2.45) is 11.5 Å². The van der Waals surface area contributed by atoms with E-state index in [0.29, 0.717) is 12.1 Å². The van der Waals surface area contributed by atoms with Crippen LogP contribution in [0.25, 0.3) is 0 Å². The second-order valence-corrected chi connectivity index (χ2v) is 4.75. The molecule has 19 heavy (non-hydrogen) atoms. The number of hydrogen-bond acceptors (Lipinski definition) is 5. The molecule has 1 saturated heterocycles. The maximum atomic E-state index is 11.0. The van der Waals surface area contributed by atoms with E-state index >= 15 is 0 Å². The number of rotatable bonds is 4. The van der Waals surface area contributed by atoms with E-state index in [1.54, 1.807) is 6.07 Å². The van der Waals surface area contributed by atoms with Gasteiger partial charge in [-0.15, -0.1) is 0 Å². The molecule has 1 unspecified atom stereocenters. The Bertz CT molecular complexity index is 518. The number of hydrogen-bond donors (Lipinski definition) is 2. The van der Waals surface area contributed by atoms with Crippen LogP contribution in [0.1, 0.15) is 22.3 Å². The molecule has 1 amide bonds. The molecule has 7 heteroatoms. The van der Waals surface area contributed by atoms with Gasteiger partial charge < -0.3 is 11.5 Å². The van der Waals surface area contributed by atoms with E-state index in [-0.39, 0.29) is 17.3 Å². The molecule has 1 aliphatic heterocycles. The molecular weight excluding hydrogens is 248 g/mol. The van der Waals surface area contributed by atoms with Crippen LogP contribution in [-0.2, 0) is 6.54 Å². The molecule has 0 aliphatic carbocycles. The monoisotopic (exact) mass is 264 g/mol. The summed E-state index contributed by atoms with van der Waals surface area (Å²) >= 11 is 0. The molecule has 0 saturated carbocycles. The Labute approximate surface area is 110 Å². The van der Waals surface area contributed by atoms with E-state index in [2.05, 4.69) is 4.90 Å². The number of nitro benzene ring substituents is 1. The third-order valence-corrected chi connectivity index (χ3v) is 3.27. The van der Waals surface area contributed by atoms with Gasteiger partial charge in [0.1, 0.15) is 0 Å². The average molecular weight is 264 g/mol. The molecule has 102 valence electrons. The molecule has 1 aromatic carbocycles. The van der Waals surface area contributed by atoms with Crippen molar-refractivity contribution < 1.29 is 9.72 Å². The van der Waals surface area contributed by atoms with Crippen molar-refractivity contribution in [1.82, 2.24) is 4.90 Å². The summed E-state index contributed by atoms with van der Waals surface area (Å²) in [5, 5.41) is 11.0. The molecule has 1 heterocycles. The van der Waals surface area contributed by atoms with Gasteiger partial charge in [0, 0.05) is 42.9 Å². The molecular formula is C12H16N4O3. The Kier molecular flexibility index (Phi) is 3.77. The van der Waals surface area contributed by atoms with Crippen molar-refractivity contribution in [2.75, 3.05) is 13.1 Å². The normalized spacial score (nSPS) is 19.5. The minimum atomic E-state index is -0.669. The molecule has 0 radical (unpaired) electrons. The fraction of sp³-hybridized carbons (Fsp3) is 0.417. The number of amides is 1. The molecule has 1 aromatic rings. The third-order valence-electron chi connectivity index (χ3n) is 3.27. The first-order valence-electron chi connectivity index (χ1n) is 6.02. The highest BCUT2D eigenvalue weighted by Crippen LogP contribution is 2.23. The van der Waals surface area contributed by atoms with Gasteiger partial charge >= 0.3 is 0 Å². The first-order chi connectivity index (χ1) is 8.97. The second kappa shape index (κ2) is 5.33. The number of primary amides is 1. The van der Waals surface area contributed by atoms with Gasteiger partial charge in [0.2, 0.25) is 5.91 Å². The number of likely N-dealkylation sites (tertiary alicyclic amines) is 1. The fourth-order valence-corrected chi connectivity index (χ4v) is 2.27. The van der Waals surface area contributed by atoms with Crippen LogP contribution < -0.4 is 11.5 Å². The van der Waals surface area contributed by atoms with Gasteiger partial charge in [0.15, 0.2) is 0 Å². The van der Waals surface area contributed by atoms with Crippen molar-refractivity contribution in [1.29, 1.82) is 0 Å². The lowest BCUT2D eigenvalue weighted by atomic mass is 10.1. The highest BCUT2D eigenvalue weighted by Gasteiger charge is 2.23. The predicted molar refractivity (Wildman–Crippen MR) is 69.5 cm³/mol. The Hall–Kier alpha value is -1.99. The van der Waals surface area contributed by atoms with Crippen LogP contribution in [0.2, 0.25) is 0 Å². The van der Waals surface area contributed by atoms with E-state index in [4.69, 9.17) is 11.5 Å². The highest BCUT2D eigenvalue weighted by molar-refractivity contribution is 5.93. The standard InChI is InChI=1S/C12H16N4O3/c13-10-3-4-15(7-10)6-9-2-1-8(12(14)17)5-11(9)16(18)19/h1-2,5,10H,3-4,6-7,13H2,(H2,14,17). The maximum absolute atomic E-state index is 11.0. The fourth-order valence-electron chi connectivity index (χ4n) is 2.27. The third kappa shape index (κ3) is 3.07. The second-order valence-electron chi connectivity index (χ2n) is 4.75. The van der Waals surface area contributed by atoms with Crippen molar-refractivity contribution in [3.05, 3.63) is 39.4 Å². The van der Waals surface area contributed by atoms with E-state index in [1.165, 1.54) is 12.1 Å². The molecule has 4 N–H and O–H groups in total. The summed E-state index contributed by atoms with van der Waals surface area (Å²) < 4.78 is 0. The first kappa shape index (κ1) is 13.4. The number of nitrogens with two attached hydrogens (primary N) is 2. The SMILES string of the molecule is NC(=O)c1ccc(CN2CCC(N)C2)c([N+](=O)[O-])c1. The molecule has 0 spiro atoms. The number of nitro groups is 1. The van der Waals surface area contributed by atoms with Crippen LogP contribution in [0.5, 0.6) is 0 Å². The highest BCUT2D eigenvalue weighted by atomic mass is 16.6. The molecule has 1 fully saturated rings. The summed E-state index contributed by atoms with van der Waals surface area (Å²) in [6.07, 6.45) is 0.896. The molecule has 1 atom stereocenters. The molecule has 7 nitrogen and oxygen atoms in total. The van der Waals surface area contributed by atoms with E-state index in [1.807, 2.05) is 0 Å². The van der Waals surface area contributed by atoms with Crippen LogP contribution in [0.3, 0.4) is 0 Å². The van der Waals surface area contributed by atoms with Gasteiger partial charge in [0.25, 0.3) is 5.69 Å². The van der Waals surface area contributed by atoms with Crippen LogP contribution in [0, 0.1) is 10.1 Å². The Morgan fingerprint density at radius 2 is 2.26 bits per heavy atom. The van der Waals surface area contributed by atoms with E-state index in [9.17, 15) is 14.9 Å². The summed E-state index contributed by atoms with van der Waals surface area (Å²) in [4.78, 5) is 23.7. The van der Waals surface area contributed by atoms with Crippen LogP contribution in [0.15, 0.2) is 18.2 Å². The average Bonchev–Trinajstić information content (AvgIpc) is 2.74. The lowest BCUT2D eigenvalue weighted by Gasteiger charge is -2.15. The van der Waals surface area contributed by atoms with Crippen molar-refractivity contribution in [3.63, 3.8) is 0 Å². The molecule has 1 aliphatic rings. The lowest BCUT2D eigenvalue weighted by Crippen LogP contribution is -2.26. The summed E-state index contributed by atoms with van der Waals surface area (Å²) in [6.45, 7) is 2.02. The minimum absolute atomic E-state index is 0.0724. The van der Waals surface area contributed by atoms with E-state index in [0.717, 1.165) is 19.5 Å². The van der Waals surface area contributed by atoms with Gasteiger partial charge in [-0.2, -0.15) is 0 Å². The van der Waals surface area contributed by atoms with Crippen molar-refractivity contribution in [2.45, 2.75) is 19.0 Å². The largest absolute Gasteiger partial charge is 0.366 e. The Morgan fingerprint density at radius 3 is 2.79 bits per heavy atom. The number of benzene rings is 1. The number of nitrogens with zero attached hydrogens (tertiary/aromatic N) is 2. The lowest BCUT2D eigenvalue weighted by molar-refractivity contribution is -0.385. The van der Waals surface area contributed by atoms with E-state index < -0.39 is 10.8 Å². The van der Waals surface area contributed by atoms with Crippen molar-refractivity contribution >= 4 is 11.6 Å². The first-order valence-corrected chi connectivity index (χ1v) is 6.02. The Balaban J connectivity index is 2.24. The van der Waals surface area contributed by atoms with Gasteiger partial charge in [-0.3, -0.25) is 19.8 Å². The molecule has 2 rings (SSSR count). The van der Waals surface area contributed by atoms with Gasteiger partial charge in [-0.25, -0.2) is 0 Å². The molecule has 0 aromatic heterocycles. The zero-order chi connectivity index (χ0) is 14.0. The number of carbonyl (C=O) groups excluding carboxylic acids is 1. The summed E-state index contributed by atoms with van der Waals surface area (Å²) in [5.74, 6) is -0.669. The Morgan fingerprint density at radius 1 is 1.53 bits per heavy atom. The van der Waals surface area contributed by atoms with Crippen molar-refractivity contribution in [3.8, 4) is 0 Å². The topological polar surface area (TPSA) is 115 Å². The predicted octanol–water partition coefficient (Wildman–Crippen LogP) is 0.227. The quantitative estimate of drug-likeness (QED) is 0.596. The smallest absolute Gasteiger partial charge is 0.274 e. The maximum Gasteiger partial charge on any atom is 0.274 e. The van der Waals surface area contributed by atoms with Crippen LogP contribution in [-0.4, -0.2) is 34.9 Å². The van der Waals surface area contributed by atoms with Crippen LogP contribution >= 0.6 is 0 Å². The number of carbonyl (C=O) groups is 1. The zero-order valence-electron chi connectivity index (χ0n) is 10.4. The molecule has 0 bridgehead atoms. The summed E-state index contributed by atoms with van der Waals surface area (Å²) in [5.41, 5.74) is 11.6. The summed E-state index contributed by atoms with van der Waals surface area (Å²) in [7, 11) is 0. The minimum Gasteiger partial charge on any atom is -0.366 e. The summed E-state index contributed by atoms with van der Waals surface area (Å²) in [6, 6.07) is 4.46. The van der Waals surface area contributed by atoms with Gasteiger partial charge in [-0.1, -0.05) is 6.07 Å².